The van der Waals surface area contributed by atoms with Gasteiger partial charge in [-0.2, -0.15) is 0 Å². The van der Waals surface area contributed by atoms with Gasteiger partial charge >= 0.3 is 5.97 Å². The van der Waals surface area contributed by atoms with E-state index in [-0.39, 0.29) is 16.7 Å². The molecule has 0 radical (unpaired) electrons. The summed E-state index contributed by atoms with van der Waals surface area (Å²) >= 11 is 11.8. The van der Waals surface area contributed by atoms with Crippen molar-refractivity contribution in [3.63, 3.8) is 0 Å². The van der Waals surface area contributed by atoms with Crippen molar-refractivity contribution >= 4 is 35.1 Å². The topological polar surface area (TPSA) is 46.6 Å². The third-order valence-corrected chi connectivity index (χ3v) is 4.36. The number of rotatable bonds is 4. The van der Waals surface area contributed by atoms with E-state index in [1.807, 2.05) is 17.0 Å². The van der Waals surface area contributed by atoms with E-state index in [1.54, 1.807) is 24.3 Å². The summed E-state index contributed by atoms with van der Waals surface area (Å²) in [5, 5.41) is 0.751. The number of benzene rings is 2. The van der Waals surface area contributed by atoms with E-state index in [2.05, 4.69) is 0 Å². The molecule has 124 valence electrons. The van der Waals surface area contributed by atoms with Crippen LogP contribution in [0.15, 0.2) is 42.5 Å². The first-order valence-electron chi connectivity index (χ1n) is 7.57. The molecule has 2 aromatic carbocycles. The molecule has 6 heteroatoms. The zero-order chi connectivity index (χ0) is 17.1. The van der Waals surface area contributed by atoms with Crippen LogP contribution in [0.1, 0.15) is 28.8 Å². The molecule has 1 heterocycles. The van der Waals surface area contributed by atoms with Gasteiger partial charge in [-0.3, -0.25) is 4.79 Å². The first-order valence-corrected chi connectivity index (χ1v) is 8.32. The van der Waals surface area contributed by atoms with Crippen LogP contribution in [0, 0.1) is 0 Å². The van der Waals surface area contributed by atoms with E-state index in [0.29, 0.717) is 23.6 Å². The number of esters is 1. The maximum atomic E-state index is 12.2. The van der Waals surface area contributed by atoms with E-state index in [4.69, 9.17) is 27.9 Å². The minimum atomic E-state index is -0.497. The smallest absolute Gasteiger partial charge is 0.343 e. The minimum absolute atomic E-state index is 0.177. The highest BCUT2D eigenvalue weighted by molar-refractivity contribution is 6.35. The molecule has 0 aromatic heterocycles. The fourth-order valence-corrected chi connectivity index (χ4v) is 3.00. The van der Waals surface area contributed by atoms with Crippen LogP contribution in [0.2, 0.25) is 10.0 Å². The van der Waals surface area contributed by atoms with Crippen molar-refractivity contribution in [3.05, 3.63) is 63.6 Å². The quantitative estimate of drug-likeness (QED) is 0.599. The molecule has 24 heavy (non-hydrogen) atoms. The van der Waals surface area contributed by atoms with Gasteiger partial charge in [0, 0.05) is 24.5 Å². The van der Waals surface area contributed by atoms with Crippen LogP contribution in [0.25, 0.3) is 0 Å². The minimum Gasteiger partial charge on any atom is -0.421 e. The van der Waals surface area contributed by atoms with Crippen LogP contribution in [0.5, 0.6) is 5.75 Å². The van der Waals surface area contributed by atoms with Crippen molar-refractivity contribution in [1.82, 2.24) is 4.90 Å². The molecule has 1 aliphatic heterocycles. The van der Waals surface area contributed by atoms with Gasteiger partial charge in [-0.25, -0.2) is 4.79 Å². The summed E-state index contributed by atoms with van der Waals surface area (Å²) < 4.78 is 5.28. The van der Waals surface area contributed by atoms with E-state index < -0.39 is 5.97 Å². The first-order chi connectivity index (χ1) is 11.5. The molecule has 0 spiro atoms. The number of hydrogen-bond donors (Lipinski definition) is 0. The number of nitrogens with zero attached hydrogens (tertiary/aromatic N) is 1. The van der Waals surface area contributed by atoms with Crippen LogP contribution >= 0.6 is 23.2 Å². The number of ether oxygens (including phenoxy) is 1. The summed E-state index contributed by atoms with van der Waals surface area (Å²) in [7, 11) is 0. The molecule has 0 saturated carbocycles. The summed E-state index contributed by atoms with van der Waals surface area (Å²) in [5.74, 6) is -0.0586. The van der Waals surface area contributed by atoms with Gasteiger partial charge in [0.1, 0.15) is 5.75 Å². The van der Waals surface area contributed by atoms with Gasteiger partial charge in [0.25, 0.3) is 0 Å². The number of likely N-dealkylation sites (tertiary alicyclic amines) is 1. The average Bonchev–Trinajstić information content (AvgIpc) is 2.96. The highest BCUT2D eigenvalue weighted by atomic mass is 35.5. The predicted molar refractivity (Wildman–Crippen MR) is 92.5 cm³/mol. The summed E-state index contributed by atoms with van der Waals surface area (Å²) in [4.78, 5) is 25.6. The normalized spacial score (nSPS) is 14.1. The monoisotopic (exact) mass is 363 g/mol. The number of carbonyl (C=O) groups excluding carboxylic acids is 2. The Morgan fingerprint density at radius 2 is 1.88 bits per heavy atom. The van der Waals surface area contributed by atoms with Crippen molar-refractivity contribution in [2.45, 2.75) is 19.4 Å². The maximum Gasteiger partial charge on any atom is 0.343 e. The van der Waals surface area contributed by atoms with Gasteiger partial charge in [-0.05, 0) is 42.3 Å². The molecule has 3 rings (SSSR count). The molecule has 1 amide bonds. The van der Waals surface area contributed by atoms with Crippen molar-refractivity contribution in [3.8, 4) is 5.75 Å². The lowest BCUT2D eigenvalue weighted by atomic mass is 10.1. The zero-order valence-corrected chi connectivity index (χ0v) is 14.3. The lowest BCUT2D eigenvalue weighted by molar-refractivity contribution is -0.128. The second-order valence-electron chi connectivity index (χ2n) is 5.58. The Morgan fingerprint density at radius 3 is 2.50 bits per heavy atom. The van der Waals surface area contributed by atoms with Gasteiger partial charge in [-0.15, -0.1) is 0 Å². The summed E-state index contributed by atoms with van der Waals surface area (Å²) in [6, 6.07) is 11.7. The maximum absolute atomic E-state index is 12.2. The Morgan fingerprint density at radius 1 is 1.12 bits per heavy atom. The van der Waals surface area contributed by atoms with Gasteiger partial charge < -0.3 is 9.64 Å². The van der Waals surface area contributed by atoms with Gasteiger partial charge in [0.05, 0.1) is 10.6 Å². The van der Waals surface area contributed by atoms with Gasteiger partial charge in [0.15, 0.2) is 0 Å². The molecular formula is C18H15Cl2NO3. The Labute approximate surface area is 149 Å². The Balaban J connectivity index is 1.66. The molecule has 2 aromatic rings. The molecule has 0 atom stereocenters. The number of hydrogen-bond acceptors (Lipinski definition) is 3. The predicted octanol–water partition coefficient (Wildman–Crippen LogP) is 4.34. The van der Waals surface area contributed by atoms with E-state index in [1.165, 1.54) is 6.07 Å². The zero-order valence-electron chi connectivity index (χ0n) is 12.8. The SMILES string of the molecule is O=C(Oc1ccc(Cl)cc1Cl)c1ccc(CN2CCCC2=O)cc1. The molecule has 1 aliphatic rings. The van der Waals surface area contributed by atoms with E-state index >= 15 is 0 Å². The second kappa shape index (κ2) is 7.24. The molecular weight excluding hydrogens is 349 g/mol. The van der Waals surface area contributed by atoms with Crippen LogP contribution in [-0.2, 0) is 11.3 Å². The van der Waals surface area contributed by atoms with Crippen LogP contribution in [0.3, 0.4) is 0 Å². The van der Waals surface area contributed by atoms with E-state index in [9.17, 15) is 9.59 Å². The summed E-state index contributed by atoms with van der Waals surface area (Å²) in [6.07, 6.45) is 1.53. The fourth-order valence-electron chi connectivity index (χ4n) is 2.55. The van der Waals surface area contributed by atoms with Crippen molar-refractivity contribution in [2.24, 2.45) is 0 Å². The van der Waals surface area contributed by atoms with Crippen molar-refractivity contribution in [1.29, 1.82) is 0 Å². The lowest BCUT2D eigenvalue weighted by Gasteiger charge is -2.15. The fraction of sp³-hybridized carbons (Fsp3) is 0.222. The Kier molecular flexibility index (Phi) is 5.07. The van der Waals surface area contributed by atoms with Crippen molar-refractivity contribution in [2.75, 3.05) is 6.54 Å². The molecule has 1 saturated heterocycles. The Hall–Kier alpha value is -2.04. The van der Waals surface area contributed by atoms with Crippen LogP contribution in [0.4, 0.5) is 0 Å². The van der Waals surface area contributed by atoms with Gasteiger partial charge in [-0.1, -0.05) is 35.3 Å². The van der Waals surface area contributed by atoms with Crippen LogP contribution < -0.4 is 4.74 Å². The molecule has 0 bridgehead atoms. The summed E-state index contributed by atoms with van der Waals surface area (Å²) in [6.45, 7) is 1.36. The molecule has 4 nitrogen and oxygen atoms in total. The third-order valence-electron chi connectivity index (χ3n) is 3.83. The third kappa shape index (κ3) is 3.89. The average molecular weight is 364 g/mol. The largest absolute Gasteiger partial charge is 0.421 e. The van der Waals surface area contributed by atoms with Crippen LogP contribution in [-0.4, -0.2) is 23.3 Å². The number of halogens is 2. The highest BCUT2D eigenvalue weighted by Crippen LogP contribution is 2.28. The number of amides is 1. The second-order valence-corrected chi connectivity index (χ2v) is 6.42. The molecule has 0 unspecified atom stereocenters. The number of carbonyl (C=O) groups is 2. The molecule has 0 N–H and O–H groups in total. The summed E-state index contributed by atoms with van der Waals surface area (Å²) in [5.41, 5.74) is 1.39. The lowest BCUT2D eigenvalue weighted by Crippen LogP contribution is -2.23. The standard InChI is InChI=1S/C18H15Cl2NO3/c19-14-7-8-16(15(20)10-14)24-18(23)13-5-3-12(4-6-13)11-21-9-1-2-17(21)22/h3-8,10H,1-2,9,11H2. The highest BCUT2D eigenvalue weighted by Gasteiger charge is 2.20. The van der Waals surface area contributed by atoms with E-state index in [0.717, 1.165) is 18.5 Å². The Bertz CT molecular complexity index is 774. The molecule has 1 fully saturated rings. The van der Waals surface area contributed by atoms with Gasteiger partial charge in [0.2, 0.25) is 5.91 Å². The first kappa shape index (κ1) is 16.8. The molecule has 0 aliphatic carbocycles. The van der Waals surface area contributed by atoms with Crippen molar-refractivity contribution < 1.29 is 14.3 Å².